The number of aliphatic carboxylic acids is 1. The highest BCUT2D eigenvalue weighted by atomic mass is 16.5. The van der Waals surface area contributed by atoms with Gasteiger partial charge in [0.2, 0.25) is 0 Å². The van der Waals surface area contributed by atoms with Crippen molar-refractivity contribution in [1.82, 2.24) is 0 Å². The summed E-state index contributed by atoms with van der Waals surface area (Å²) in [4.78, 5) is 11.4. The minimum absolute atomic E-state index is 0.130. The highest BCUT2D eigenvalue weighted by molar-refractivity contribution is 5.72. The van der Waals surface area contributed by atoms with Crippen molar-refractivity contribution in [1.29, 1.82) is 0 Å². The fourth-order valence-corrected chi connectivity index (χ4v) is 3.59. The standard InChI is InChI=1S/C25H42O4/c1-2-3-4-7-13-18-23(26)19-14-8-5-6-9-15-20-24(25(27)28)29-21-22-16-11-10-12-17-22/h10-12,16-17,23-24,26H,2-9,13-15,18-21H2,1H3,(H,27,28). The van der Waals surface area contributed by atoms with Gasteiger partial charge in [-0.1, -0.05) is 108 Å². The molecule has 0 bridgehead atoms. The number of benzene rings is 1. The monoisotopic (exact) mass is 406 g/mol. The molecule has 0 aliphatic heterocycles. The number of carboxylic acids is 1. The molecule has 0 heterocycles. The zero-order valence-electron chi connectivity index (χ0n) is 18.4. The van der Waals surface area contributed by atoms with Crippen LogP contribution in [0.5, 0.6) is 0 Å². The topological polar surface area (TPSA) is 66.8 Å². The van der Waals surface area contributed by atoms with E-state index in [-0.39, 0.29) is 6.10 Å². The number of hydrogen-bond acceptors (Lipinski definition) is 3. The molecule has 0 spiro atoms. The Labute approximate surface area is 177 Å². The smallest absolute Gasteiger partial charge is 0.332 e. The first-order chi connectivity index (χ1) is 14.1. The fraction of sp³-hybridized carbons (Fsp3) is 0.720. The molecule has 0 saturated heterocycles. The summed E-state index contributed by atoms with van der Waals surface area (Å²) in [7, 11) is 0. The molecule has 0 aliphatic carbocycles. The van der Waals surface area contributed by atoms with Crippen molar-refractivity contribution >= 4 is 5.97 Å². The number of carboxylic acid groups (broad SMARTS) is 1. The van der Waals surface area contributed by atoms with E-state index < -0.39 is 12.1 Å². The molecule has 0 fully saturated rings. The van der Waals surface area contributed by atoms with E-state index in [1.807, 2.05) is 30.3 Å². The van der Waals surface area contributed by atoms with E-state index in [0.717, 1.165) is 63.4 Å². The summed E-state index contributed by atoms with van der Waals surface area (Å²) in [5, 5.41) is 19.4. The van der Waals surface area contributed by atoms with Crippen LogP contribution >= 0.6 is 0 Å². The molecule has 1 aromatic rings. The van der Waals surface area contributed by atoms with Gasteiger partial charge < -0.3 is 14.9 Å². The van der Waals surface area contributed by atoms with E-state index in [1.54, 1.807) is 0 Å². The Kier molecular flexibility index (Phi) is 15.4. The van der Waals surface area contributed by atoms with Gasteiger partial charge >= 0.3 is 5.97 Å². The maximum absolute atomic E-state index is 11.4. The second-order valence-corrected chi connectivity index (χ2v) is 8.18. The minimum atomic E-state index is -0.871. The van der Waals surface area contributed by atoms with Gasteiger partial charge in [0.05, 0.1) is 12.7 Å². The molecule has 29 heavy (non-hydrogen) atoms. The van der Waals surface area contributed by atoms with Crippen LogP contribution in [0.25, 0.3) is 0 Å². The van der Waals surface area contributed by atoms with Crippen molar-refractivity contribution in [2.75, 3.05) is 0 Å². The van der Waals surface area contributed by atoms with Crippen LogP contribution in [0.4, 0.5) is 0 Å². The number of ether oxygens (including phenoxy) is 1. The number of hydrogen-bond donors (Lipinski definition) is 2. The number of carbonyl (C=O) groups is 1. The van der Waals surface area contributed by atoms with E-state index in [2.05, 4.69) is 6.92 Å². The van der Waals surface area contributed by atoms with Crippen LogP contribution in [0.1, 0.15) is 102 Å². The largest absolute Gasteiger partial charge is 0.479 e. The Balaban J connectivity index is 1.98. The van der Waals surface area contributed by atoms with Crippen molar-refractivity contribution in [3.8, 4) is 0 Å². The zero-order valence-corrected chi connectivity index (χ0v) is 18.4. The van der Waals surface area contributed by atoms with Crippen LogP contribution in [0.15, 0.2) is 30.3 Å². The normalized spacial score (nSPS) is 13.3. The summed E-state index contributed by atoms with van der Waals surface area (Å²) in [5.74, 6) is -0.871. The Bertz CT molecular complexity index is 503. The number of unbranched alkanes of at least 4 members (excludes halogenated alkanes) is 9. The maximum atomic E-state index is 11.4. The summed E-state index contributed by atoms with van der Waals surface area (Å²) in [5.41, 5.74) is 1.00. The number of aliphatic hydroxyl groups is 1. The molecule has 1 aromatic carbocycles. The van der Waals surface area contributed by atoms with Crippen molar-refractivity contribution in [2.24, 2.45) is 0 Å². The van der Waals surface area contributed by atoms with Crippen LogP contribution < -0.4 is 0 Å². The first kappa shape index (κ1) is 25.6. The van der Waals surface area contributed by atoms with E-state index in [9.17, 15) is 15.0 Å². The van der Waals surface area contributed by atoms with Gasteiger partial charge in [0.25, 0.3) is 0 Å². The molecule has 4 heteroatoms. The Morgan fingerprint density at radius 1 is 0.828 bits per heavy atom. The molecule has 0 amide bonds. The van der Waals surface area contributed by atoms with Gasteiger partial charge in [0.15, 0.2) is 6.10 Å². The van der Waals surface area contributed by atoms with Gasteiger partial charge in [0, 0.05) is 0 Å². The summed E-state index contributed by atoms with van der Waals surface area (Å²) in [6.45, 7) is 2.57. The lowest BCUT2D eigenvalue weighted by Gasteiger charge is -2.14. The third-order valence-corrected chi connectivity index (χ3v) is 5.46. The van der Waals surface area contributed by atoms with Crippen LogP contribution in [0.2, 0.25) is 0 Å². The summed E-state index contributed by atoms with van der Waals surface area (Å²) in [6, 6.07) is 9.69. The summed E-state index contributed by atoms with van der Waals surface area (Å²) in [6.07, 6.45) is 14.3. The van der Waals surface area contributed by atoms with E-state index in [1.165, 1.54) is 25.7 Å². The molecule has 1 rings (SSSR count). The molecule has 2 unspecified atom stereocenters. The lowest BCUT2D eigenvalue weighted by Crippen LogP contribution is -2.23. The third-order valence-electron chi connectivity index (χ3n) is 5.46. The molecule has 2 N–H and O–H groups in total. The second-order valence-electron chi connectivity index (χ2n) is 8.18. The molecule has 166 valence electrons. The zero-order chi connectivity index (χ0) is 21.2. The number of aliphatic hydroxyl groups excluding tert-OH is 1. The SMILES string of the molecule is CCCCCCCC(O)CCCCCCCCC(OCc1ccccc1)C(=O)O. The minimum Gasteiger partial charge on any atom is -0.479 e. The van der Waals surface area contributed by atoms with Gasteiger partial charge in [-0.05, 0) is 24.8 Å². The predicted octanol–water partition coefficient (Wildman–Crippen LogP) is 6.50. The summed E-state index contributed by atoms with van der Waals surface area (Å²) >= 11 is 0. The maximum Gasteiger partial charge on any atom is 0.332 e. The van der Waals surface area contributed by atoms with E-state index >= 15 is 0 Å². The fourth-order valence-electron chi connectivity index (χ4n) is 3.59. The quantitative estimate of drug-likeness (QED) is 0.257. The molecule has 0 radical (unpaired) electrons. The average Bonchev–Trinajstić information content (AvgIpc) is 2.72. The van der Waals surface area contributed by atoms with Crippen LogP contribution in [-0.4, -0.2) is 28.4 Å². The van der Waals surface area contributed by atoms with Crippen LogP contribution in [-0.2, 0) is 16.1 Å². The molecular formula is C25H42O4. The Morgan fingerprint density at radius 2 is 1.34 bits per heavy atom. The molecule has 0 saturated carbocycles. The van der Waals surface area contributed by atoms with Gasteiger partial charge in [-0.15, -0.1) is 0 Å². The lowest BCUT2D eigenvalue weighted by atomic mass is 10.0. The van der Waals surface area contributed by atoms with Gasteiger partial charge in [-0.2, -0.15) is 0 Å². The lowest BCUT2D eigenvalue weighted by molar-refractivity contribution is -0.151. The van der Waals surface area contributed by atoms with Crippen molar-refractivity contribution in [3.05, 3.63) is 35.9 Å². The van der Waals surface area contributed by atoms with Crippen LogP contribution in [0, 0.1) is 0 Å². The van der Waals surface area contributed by atoms with Crippen molar-refractivity contribution < 1.29 is 19.7 Å². The highest BCUT2D eigenvalue weighted by Gasteiger charge is 2.17. The molecule has 2 atom stereocenters. The molecule has 0 aliphatic rings. The molecule has 0 aromatic heterocycles. The Hall–Kier alpha value is -1.39. The first-order valence-corrected chi connectivity index (χ1v) is 11.7. The van der Waals surface area contributed by atoms with Crippen molar-refractivity contribution in [3.63, 3.8) is 0 Å². The van der Waals surface area contributed by atoms with Gasteiger partial charge in [-0.25, -0.2) is 4.79 Å². The van der Waals surface area contributed by atoms with Gasteiger partial charge in [0.1, 0.15) is 0 Å². The van der Waals surface area contributed by atoms with Crippen LogP contribution in [0.3, 0.4) is 0 Å². The van der Waals surface area contributed by atoms with Crippen molar-refractivity contribution in [2.45, 2.75) is 116 Å². The van der Waals surface area contributed by atoms with Gasteiger partial charge in [-0.3, -0.25) is 0 Å². The predicted molar refractivity (Wildman–Crippen MR) is 119 cm³/mol. The number of rotatable bonds is 19. The highest BCUT2D eigenvalue weighted by Crippen LogP contribution is 2.15. The third kappa shape index (κ3) is 14.3. The second kappa shape index (κ2) is 17.5. The van der Waals surface area contributed by atoms with E-state index in [0.29, 0.717) is 13.0 Å². The molecular weight excluding hydrogens is 364 g/mol. The Morgan fingerprint density at radius 3 is 1.90 bits per heavy atom. The average molecular weight is 407 g/mol. The molecule has 4 nitrogen and oxygen atoms in total. The van der Waals surface area contributed by atoms with E-state index in [4.69, 9.17) is 4.74 Å². The first-order valence-electron chi connectivity index (χ1n) is 11.7. The summed E-state index contributed by atoms with van der Waals surface area (Å²) < 4.78 is 5.59.